The Morgan fingerprint density at radius 2 is 2.28 bits per heavy atom. The number of carboxylic acid groups (broad SMARTS) is 1. The number of nitrogen functional groups attached to an aromatic ring is 1. The molecule has 18 heavy (non-hydrogen) atoms. The number of aryl methyl sites for hydroxylation is 1. The van der Waals surface area contributed by atoms with Crippen LogP contribution in [0.5, 0.6) is 0 Å². The molecule has 0 aliphatic rings. The van der Waals surface area contributed by atoms with Gasteiger partial charge in [0, 0.05) is 10.6 Å². The highest BCUT2D eigenvalue weighted by Crippen LogP contribution is 2.30. The quantitative estimate of drug-likeness (QED) is 0.654. The van der Waals surface area contributed by atoms with Crippen molar-refractivity contribution in [1.82, 2.24) is 0 Å². The van der Waals surface area contributed by atoms with Gasteiger partial charge in [-0.15, -0.1) is 11.8 Å². The maximum absolute atomic E-state index is 10.7. The number of hydrogen-bond acceptors (Lipinski definition) is 4. The second-order valence-electron chi connectivity index (χ2n) is 3.88. The number of thioether (sulfide) groups is 1. The molecule has 2 aromatic rings. The van der Waals surface area contributed by atoms with Crippen molar-refractivity contribution in [3.05, 3.63) is 47.4 Å². The molecule has 94 valence electrons. The topological polar surface area (TPSA) is 76.5 Å². The summed E-state index contributed by atoms with van der Waals surface area (Å²) in [5.74, 6) is 0.198. The van der Waals surface area contributed by atoms with Crippen LogP contribution in [0.4, 0.5) is 5.69 Å². The van der Waals surface area contributed by atoms with E-state index in [9.17, 15) is 4.79 Å². The van der Waals surface area contributed by atoms with Crippen LogP contribution < -0.4 is 5.73 Å². The second kappa shape index (κ2) is 5.18. The maximum atomic E-state index is 10.7. The highest BCUT2D eigenvalue weighted by molar-refractivity contribution is 7.98. The van der Waals surface area contributed by atoms with Crippen molar-refractivity contribution in [2.24, 2.45) is 0 Å². The van der Waals surface area contributed by atoms with Gasteiger partial charge in [0.05, 0.1) is 11.3 Å². The normalized spacial score (nSPS) is 10.5. The predicted octanol–water partition coefficient (Wildman–Crippen LogP) is 3.16. The van der Waals surface area contributed by atoms with E-state index in [1.807, 2.05) is 25.1 Å². The van der Waals surface area contributed by atoms with E-state index in [0.717, 1.165) is 16.1 Å². The van der Waals surface area contributed by atoms with E-state index in [0.29, 0.717) is 11.5 Å². The summed E-state index contributed by atoms with van der Waals surface area (Å²) >= 11 is 1.53. The molecular weight excluding hydrogens is 250 g/mol. The van der Waals surface area contributed by atoms with Crippen LogP contribution in [-0.2, 0) is 5.75 Å². The molecule has 0 radical (unpaired) electrons. The summed E-state index contributed by atoms with van der Waals surface area (Å²) in [6, 6.07) is 7.36. The number of furan rings is 1. The standard InChI is InChI=1S/C13H13NO3S/c1-8-3-2-4-11(12(8)14)18-7-10-5-9(6-17-10)13(15)16/h2-6H,7,14H2,1H3,(H,15,16). The average molecular weight is 263 g/mol. The van der Waals surface area contributed by atoms with Gasteiger partial charge in [-0.3, -0.25) is 0 Å². The number of anilines is 1. The number of benzene rings is 1. The Morgan fingerprint density at radius 3 is 2.94 bits per heavy atom. The van der Waals surface area contributed by atoms with Gasteiger partial charge in [0.1, 0.15) is 12.0 Å². The molecule has 1 aromatic heterocycles. The third-order valence-corrected chi connectivity index (χ3v) is 3.65. The number of nitrogens with two attached hydrogens (primary N) is 1. The predicted molar refractivity (Wildman–Crippen MR) is 70.8 cm³/mol. The lowest BCUT2D eigenvalue weighted by Gasteiger charge is -2.06. The van der Waals surface area contributed by atoms with E-state index in [1.54, 1.807) is 0 Å². The third-order valence-electron chi connectivity index (χ3n) is 2.55. The largest absolute Gasteiger partial charge is 0.478 e. The van der Waals surface area contributed by atoms with Crippen molar-refractivity contribution in [2.75, 3.05) is 5.73 Å². The zero-order valence-electron chi connectivity index (χ0n) is 9.84. The molecule has 4 nitrogen and oxygen atoms in total. The highest BCUT2D eigenvalue weighted by Gasteiger charge is 2.09. The molecule has 3 N–H and O–H groups in total. The summed E-state index contributed by atoms with van der Waals surface area (Å²) in [6.07, 6.45) is 1.25. The molecule has 0 aliphatic heterocycles. The van der Waals surface area contributed by atoms with Crippen molar-refractivity contribution >= 4 is 23.4 Å². The average Bonchev–Trinajstić information content (AvgIpc) is 2.80. The minimum absolute atomic E-state index is 0.169. The third kappa shape index (κ3) is 2.68. The smallest absolute Gasteiger partial charge is 0.338 e. The van der Waals surface area contributed by atoms with Gasteiger partial charge in [0.2, 0.25) is 0 Å². The number of rotatable bonds is 4. The first-order chi connectivity index (χ1) is 8.58. The maximum Gasteiger partial charge on any atom is 0.338 e. The molecule has 0 saturated carbocycles. The van der Waals surface area contributed by atoms with Crippen LogP contribution in [0.25, 0.3) is 0 Å². The number of carbonyl (C=O) groups is 1. The van der Waals surface area contributed by atoms with E-state index in [2.05, 4.69) is 0 Å². The molecule has 0 aliphatic carbocycles. The molecule has 1 heterocycles. The van der Waals surface area contributed by atoms with Crippen molar-refractivity contribution in [3.63, 3.8) is 0 Å². The summed E-state index contributed by atoms with van der Waals surface area (Å²) in [7, 11) is 0. The summed E-state index contributed by atoms with van der Waals surface area (Å²) in [5, 5.41) is 8.78. The zero-order chi connectivity index (χ0) is 13.1. The number of hydrogen-bond donors (Lipinski definition) is 2. The Kier molecular flexibility index (Phi) is 3.62. The fourth-order valence-corrected chi connectivity index (χ4v) is 2.44. The Balaban J connectivity index is 2.07. The van der Waals surface area contributed by atoms with Gasteiger partial charge in [-0.2, -0.15) is 0 Å². The molecule has 0 bridgehead atoms. The lowest BCUT2D eigenvalue weighted by molar-refractivity contribution is 0.0696. The van der Waals surface area contributed by atoms with E-state index >= 15 is 0 Å². The van der Waals surface area contributed by atoms with Gasteiger partial charge < -0.3 is 15.3 Å². The van der Waals surface area contributed by atoms with E-state index in [-0.39, 0.29) is 5.56 Å². The first-order valence-electron chi connectivity index (χ1n) is 5.36. The summed E-state index contributed by atoms with van der Waals surface area (Å²) in [6.45, 7) is 1.95. The van der Waals surface area contributed by atoms with Crippen LogP contribution in [0.15, 0.2) is 39.8 Å². The molecule has 1 aromatic carbocycles. The lowest BCUT2D eigenvalue weighted by atomic mass is 10.2. The highest BCUT2D eigenvalue weighted by atomic mass is 32.2. The Bertz CT molecular complexity index is 577. The van der Waals surface area contributed by atoms with E-state index in [1.165, 1.54) is 24.1 Å². The molecular formula is C13H13NO3S. The molecule has 0 atom stereocenters. The molecule has 0 spiro atoms. The first kappa shape index (κ1) is 12.6. The summed E-state index contributed by atoms with van der Waals surface area (Å²) < 4.78 is 5.18. The Labute approximate surface area is 109 Å². The van der Waals surface area contributed by atoms with Crippen LogP contribution in [0.3, 0.4) is 0 Å². The molecule has 0 fully saturated rings. The van der Waals surface area contributed by atoms with Gasteiger partial charge in [-0.05, 0) is 24.6 Å². The first-order valence-corrected chi connectivity index (χ1v) is 6.35. The van der Waals surface area contributed by atoms with E-state index in [4.69, 9.17) is 15.3 Å². The summed E-state index contributed by atoms with van der Waals surface area (Å²) in [4.78, 5) is 11.7. The molecule has 2 rings (SSSR count). The van der Waals surface area contributed by atoms with Gasteiger partial charge in [-0.1, -0.05) is 12.1 Å². The van der Waals surface area contributed by atoms with E-state index < -0.39 is 5.97 Å². The van der Waals surface area contributed by atoms with Crippen LogP contribution >= 0.6 is 11.8 Å². The Hall–Kier alpha value is -1.88. The number of para-hydroxylation sites is 1. The molecule has 5 heteroatoms. The van der Waals surface area contributed by atoms with Crippen LogP contribution in [-0.4, -0.2) is 11.1 Å². The number of carboxylic acids is 1. The SMILES string of the molecule is Cc1cccc(SCc2cc(C(=O)O)co2)c1N. The lowest BCUT2D eigenvalue weighted by Crippen LogP contribution is -1.92. The minimum atomic E-state index is -0.981. The minimum Gasteiger partial charge on any atom is -0.478 e. The van der Waals surface area contributed by atoms with Crippen molar-refractivity contribution in [2.45, 2.75) is 17.6 Å². The second-order valence-corrected chi connectivity index (χ2v) is 4.90. The van der Waals surface area contributed by atoms with Gasteiger partial charge >= 0.3 is 5.97 Å². The molecule has 0 saturated heterocycles. The van der Waals surface area contributed by atoms with Crippen LogP contribution in [0.1, 0.15) is 21.7 Å². The fraction of sp³-hybridized carbons (Fsp3) is 0.154. The Morgan fingerprint density at radius 1 is 1.50 bits per heavy atom. The van der Waals surface area contributed by atoms with Crippen molar-refractivity contribution in [3.8, 4) is 0 Å². The van der Waals surface area contributed by atoms with Gasteiger partial charge in [-0.25, -0.2) is 4.79 Å². The van der Waals surface area contributed by atoms with Crippen LogP contribution in [0.2, 0.25) is 0 Å². The van der Waals surface area contributed by atoms with Crippen LogP contribution in [0, 0.1) is 6.92 Å². The number of aromatic carboxylic acids is 1. The van der Waals surface area contributed by atoms with Gasteiger partial charge in [0.25, 0.3) is 0 Å². The fourth-order valence-electron chi connectivity index (χ4n) is 1.50. The zero-order valence-corrected chi connectivity index (χ0v) is 10.7. The molecule has 0 unspecified atom stereocenters. The van der Waals surface area contributed by atoms with Crippen molar-refractivity contribution < 1.29 is 14.3 Å². The van der Waals surface area contributed by atoms with Gasteiger partial charge in [0.15, 0.2) is 0 Å². The summed E-state index contributed by atoms with van der Waals surface area (Å²) in [5.41, 5.74) is 7.91. The monoisotopic (exact) mass is 263 g/mol. The van der Waals surface area contributed by atoms with Crippen molar-refractivity contribution in [1.29, 1.82) is 0 Å². The molecule has 0 amide bonds.